The minimum absolute atomic E-state index is 0.563. The molecule has 0 aliphatic carbocycles. The monoisotopic (exact) mass is 308 g/mol. The smallest absolute Gasteiger partial charge is 0.183 e. The first-order valence-corrected chi connectivity index (χ1v) is 8.44. The Hall–Kier alpha value is -2.13. The highest BCUT2D eigenvalue weighted by molar-refractivity contribution is 7.14. The van der Waals surface area contributed by atoms with Gasteiger partial charge in [0.2, 0.25) is 0 Å². The van der Waals surface area contributed by atoms with Crippen LogP contribution in [-0.2, 0) is 6.54 Å². The lowest BCUT2D eigenvalue weighted by atomic mass is 10.0. The second kappa shape index (κ2) is 6.75. The second-order valence-electron chi connectivity index (χ2n) is 5.65. The van der Waals surface area contributed by atoms with Crippen LogP contribution in [0.25, 0.3) is 11.3 Å². The van der Waals surface area contributed by atoms with E-state index in [1.54, 1.807) is 11.3 Å². The van der Waals surface area contributed by atoms with Crippen molar-refractivity contribution in [3.05, 3.63) is 71.1 Å². The third kappa shape index (κ3) is 3.55. The molecule has 0 spiro atoms. The molecule has 1 heterocycles. The quantitative estimate of drug-likeness (QED) is 0.669. The summed E-state index contributed by atoms with van der Waals surface area (Å²) in [5.41, 5.74) is 4.84. The number of rotatable bonds is 5. The van der Waals surface area contributed by atoms with Gasteiger partial charge in [-0.05, 0) is 17.0 Å². The largest absolute Gasteiger partial charge is 0.357 e. The van der Waals surface area contributed by atoms with Gasteiger partial charge in [0.05, 0.1) is 5.69 Å². The summed E-state index contributed by atoms with van der Waals surface area (Å²) in [5.74, 6) is 0.563. The molecule has 0 aliphatic rings. The summed E-state index contributed by atoms with van der Waals surface area (Å²) in [6.07, 6.45) is 0. The minimum atomic E-state index is 0.563. The molecule has 0 atom stereocenters. The summed E-state index contributed by atoms with van der Waals surface area (Å²) in [5, 5.41) is 6.46. The van der Waals surface area contributed by atoms with Gasteiger partial charge in [0.25, 0.3) is 0 Å². The molecule has 3 aromatic rings. The molecule has 0 aliphatic heterocycles. The Kier molecular flexibility index (Phi) is 4.54. The number of nitrogens with zero attached hydrogens (tertiary/aromatic N) is 1. The molecule has 1 aromatic heterocycles. The molecule has 0 radical (unpaired) electrons. The van der Waals surface area contributed by atoms with Gasteiger partial charge in [-0.2, -0.15) is 0 Å². The summed E-state index contributed by atoms with van der Waals surface area (Å²) in [7, 11) is 0. The maximum absolute atomic E-state index is 4.68. The van der Waals surface area contributed by atoms with E-state index >= 15 is 0 Å². The van der Waals surface area contributed by atoms with E-state index in [0.29, 0.717) is 5.92 Å². The molecule has 0 saturated heterocycles. The van der Waals surface area contributed by atoms with Crippen LogP contribution in [0.3, 0.4) is 0 Å². The van der Waals surface area contributed by atoms with Gasteiger partial charge >= 0.3 is 0 Å². The molecule has 1 N–H and O–H groups in total. The average molecular weight is 308 g/mol. The Bertz CT molecular complexity index is 715. The summed E-state index contributed by atoms with van der Waals surface area (Å²) in [6, 6.07) is 19.1. The maximum atomic E-state index is 4.68. The van der Waals surface area contributed by atoms with Crippen molar-refractivity contribution >= 4 is 16.5 Å². The fourth-order valence-corrected chi connectivity index (χ4v) is 3.02. The molecule has 0 amide bonds. The standard InChI is InChI=1S/C19H20N2S/c1-14(2)16-8-10-17(11-9-16)18-13-22-19(21-18)20-12-15-6-4-3-5-7-15/h3-11,13-14H,12H2,1-2H3,(H,20,21). The lowest BCUT2D eigenvalue weighted by Gasteiger charge is -2.05. The van der Waals surface area contributed by atoms with Gasteiger partial charge in [-0.1, -0.05) is 68.4 Å². The number of aromatic nitrogens is 1. The van der Waals surface area contributed by atoms with Gasteiger partial charge in [0.15, 0.2) is 5.13 Å². The van der Waals surface area contributed by atoms with Gasteiger partial charge in [-0.15, -0.1) is 11.3 Å². The fraction of sp³-hybridized carbons (Fsp3) is 0.211. The van der Waals surface area contributed by atoms with Crippen LogP contribution in [0.2, 0.25) is 0 Å². The second-order valence-corrected chi connectivity index (χ2v) is 6.51. The Labute approximate surface area is 135 Å². The number of benzene rings is 2. The van der Waals surface area contributed by atoms with Crippen molar-refractivity contribution < 1.29 is 0 Å². The van der Waals surface area contributed by atoms with Gasteiger partial charge in [-0.3, -0.25) is 0 Å². The van der Waals surface area contributed by atoms with Crippen LogP contribution in [0.4, 0.5) is 5.13 Å². The molecule has 2 aromatic carbocycles. The first-order chi connectivity index (χ1) is 10.7. The highest BCUT2D eigenvalue weighted by Gasteiger charge is 2.05. The zero-order valence-corrected chi connectivity index (χ0v) is 13.7. The number of nitrogens with one attached hydrogen (secondary N) is 1. The van der Waals surface area contributed by atoms with Crippen LogP contribution in [0, 0.1) is 0 Å². The van der Waals surface area contributed by atoms with Crippen LogP contribution in [0.15, 0.2) is 60.0 Å². The molecular weight excluding hydrogens is 288 g/mol. The molecule has 112 valence electrons. The molecule has 3 heteroatoms. The average Bonchev–Trinajstić information content (AvgIpc) is 3.03. The van der Waals surface area contributed by atoms with Gasteiger partial charge in [0, 0.05) is 17.5 Å². The zero-order valence-electron chi connectivity index (χ0n) is 12.9. The summed E-state index contributed by atoms with van der Waals surface area (Å²) in [4.78, 5) is 4.68. The van der Waals surface area contributed by atoms with E-state index in [0.717, 1.165) is 17.4 Å². The fourth-order valence-electron chi connectivity index (χ4n) is 2.30. The topological polar surface area (TPSA) is 24.9 Å². The first kappa shape index (κ1) is 14.8. The molecule has 0 bridgehead atoms. The lowest BCUT2D eigenvalue weighted by molar-refractivity contribution is 0.867. The van der Waals surface area contributed by atoms with Crippen molar-refractivity contribution in [3.63, 3.8) is 0 Å². The molecule has 2 nitrogen and oxygen atoms in total. The Morgan fingerprint density at radius 3 is 2.41 bits per heavy atom. The van der Waals surface area contributed by atoms with Crippen LogP contribution < -0.4 is 5.32 Å². The Balaban J connectivity index is 1.68. The van der Waals surface area contributed by atoms with Crippen LogP contribution >= 0.6 is 11.3 Å². The summed E-state index contributed by atoms with van der Waals surface area (Å²) < 4.78 is 0. The molecule has 0 fully saturated rings. The van der Waals surface area contributed by atoms with E-state index in [1.807, 2.05) is 6.07 Å². The highest BCUT2D eigenvalue weighted by atomic mass is 32.1. The maximum Gasteiger partial charge on any atom is 0.183 e. The van der Waals surface area contributed by atoms with Crippen LogP contribution in [-0.4, -0.2) is 4.98 Å². The molecule has 22 heavy (non-hydrogen) atoms. The van der Waals surface area contributed by atoms with Crippen LogP contribution in [0.5, 0.6) is 0 Å². The van der Waals surface area contributed by atoms with Gasteiger partial charge < -0.3 is 5.32 Å². The SMILES string of the molecule is CC(C)c1ccc(-c2csc(NCc3ccccc3)n2)cc1. The number of anilines is 1. The predicted molar refractivity (Wildman–Crippen MR) is 95.4 cm³/mol. The van der Waals surface area contributed by atoms with Crippen molar-refractivity contribution in [1.29, 1.82) is 0 Å². The minimum Gasteiger partial charge on any atom is -0.357 e. The van der Waals surface area contributed by atoms with E-state index in [9.17, 15) is 0 Å². The normalized spacial score (nSPS) is 10.9. The van der Waals surface area contributed by atoms with E-state index in [-0.39, 0.29) is 0 Å². The molecular formula is C19H20N2S. The number of hydrogen-bond acceptors (Lipinski definition) is 3. The van der Waals surface area contributed by atoms with E-state index in [1.165, 1.54) is 16.7 Å². The van der Waals surface area contributed by atoms with Crippen molar-refractivity contribution in [2.75, 3.05) is 5.32 Å². The highest BCUT2D eigenvalue weighted by Crippen LogP contribution is 2.26. The Morgan fingerprint density at radius 1 is 1.00 bits per heavy atom. The third-order valence-corrected chi connectivity index (χ3v) is 4.46. The van der Waals surface area contributed by atoms with E-state index in [2.05, 4.69) is 78.1 Å². The summed E-state index contributed by atoms with van der Waals surface area (Å²) in [6.45, 7) is 5.23. The van der Waals surface area contributed by atoms with Crippen molar-refractivity contribution in [1.82, 2.24) is 4.98 Å². The predicted octanol–water partition coefficient (Wildman–Crippen LogP) is 5.55. The van der Waals surface area contributed by atoms with E-state index in [4.69, 9.17) is 0 Å². The molecule has 0 saturated carbocycles. The third-order valence-electron chi connectivity index (χ3n) is 3.66. The molecule has 0 unspecified atom stereocenters. The molecule has 3 rings (SSSR count). The van der Waals surface area contributed by atoms with Crippen molar-refractivity contribution in [3.8, 4) is 11.3 Å². The van der Waals surface area contributed by atoms with Crippen LogP contribution in [0.1, 0.15) is 30.9 Å². The number of thiazole rings is 1. The Morgan fingerprint density at radius 2 is 1.73 bits per heavy atom. The zero-order chi connectivity index (χ0) is 15.4. The lowest BCUT2D eigenvalue weighted by Crippen LogP contribution is -1.98. The summed E-state index contributed by atoms with van der Waals surface area (Å²) >= 11 is 1.65. The van der Waals surface area contributed by atoms with Crippen molar-refractivity contribution in [2.24, 2.45) is 0 Å². The van der Waals surface area contributed by atoms with E-state index < -0.39 is 0 Å². The first-order valence-electron chi connectivity index (χ1n) is 7.56. The number of hydrogen-bond donors (Lipinski definition) is 1. The van der Waals surface area contributed by atoms with Crippen molar-refractivity contribution in [2.45, 2.75) is 26.3 Å². The van der Waals surface area contributed by atoms with Gasteiger partial charge in [-0.25, -0.2) is 4.98 Å². The van der Waals surface area contributed by atoms with Gasteiger partial charge in [0.1, 0.15) is 0 Å².